The number of amides is 3. The van der Waals surface area contributed by atoms with Crippen molar-refractivity contribution in [2.45, 2.75) is 64.1 Å². The first-order valence-corrected chi connectivity index (χ1v) is 13.3. The molecule has 4 heterocycles. The molecule has 0 bridgehead atoms. The second-order valence-corrected chi connectivity index (χ2v) is 10.2. The van der Waals surface area contributed by atoms with Crippen molar-refractivity contribution >= 4 is 23.3 Å². The number of urea groups is 1. The van der Waals surface area contributed by atoms with E-state index in [1.807, 2.05) is 4.90 Å². The maximum Gasteiger partial charge on any atom is 0.332 e. The van der Waals surface area contributed by atoms with Crippen LogP contribution >= 0.6 is 11.3 Å². The third-order valence-corrected chi connectivity index (χ3v) is 7.80. The van der Waals surface area contributed by atoms with Crippen molar-refractivity contribution in [1.82, 2.24) is 25.2 Å². The first-order chi connectivity index (χ1) is 16.5. The number of hydrazine groups is 1. The topological polar surface area (TPSA) is 94.8 Å². The molecule has 2 aromatic heterocycles. The van der Waals surface area contributed by atoms with Crippen LogP contribution in [-0.4, -0.2) is 70.0 Å². The number of carbonyl (C=O) groups excluding carboxylic acids is 2. The number of rotatable bonds is 9. The molecule has 9 heteroatoms. The zero-order valence-electron chi connectivity index (χ0n) is 20.0. The fraction of sp³-hybridized carbons (Fsp3) is 0.560. The van der Waals surface area contributed by atoms with Crippen molar-refractivity contribution in [3.63, 3.8) is 0 Å². The Labute approximate surface area is 206 Å². The lowest BCUT2D eigenvalue weighted by Gasteiger charge is -2.41. The third kappa shape index (κ3) is 6.34. The monoisotopic (exact) mass is 484 g/mol. The van der Waals surface area contributed by atoms with Crippen molar-refractivity contribution in [3.05, 3.63) is 52.0 Å². The van der Waals surface area contributed by atoms with E-state index in [9.17, 15) is 9.59 Å². The molecule has 0 spiro atoms. The second kappa shape index (κ2) is 11.8. The van der Waals surface area contributed by atoms with Gasteiger partial charge in [0, 0.05) is 51.0 Å². The minimum absolute atomic E-state index is 0.0220. The van der Waals surface area contributed by atoms with Crippen molar-refractivity contribution < 1.29 is 9.59 Å². The minimum Gasteiger partial charge on any atom is -0.366 e. The molecule has 0 aromatic carbocycles. The van der Waals surface area contributed by atoms with Gasteiger partial charge >= 0.3 is 6.03 Å². The number of nitrogens with zero attached hydrogens (tertiary/aromatic N) is 4. The number of piperidine rings is 1. The number of hydrogen-bond donors (Lipinski definition) is 2. The highest BCUT2D eigenvalue weighted by molar-refractivity contribution is 7.07. The van der Waals surface area contributed by atoms with Crippen LogP contribution in [0.25, 0.3) is 0 Å². The van der Waals surface area contributed by atoms with Gasteiger partial charge in [-0.15, -0.1) is 0 Å². The Balaban J connectivity index is 1.32. The predicted octanol–water partition coefficient (Wildman–Crippen LogP) is 3.25. The molecule has 0 saturated carbocycles. The van der Waals surface area contributed by atoms with Crippen LogP contribution in [0.4, 0.5) is 4.79 Å². The Bertz CT molecular complexity index is 939. The van der Waals surface area contributed by atoms with Gasteiger partial charge in [-0.25, -0.2) is 9.80 Å². The number of nitrogens with two attached hydrogens (primary N) is 1. The minimum atomic E-state index is -0.422. The first-order valence-electron chi connectivity index (χ1n) is 12.3. The highest BCUT2D eigenvalue weighted by Gasteiger charge is 2.31. The highest BCUT2D eigenvalue weighted by Crippen LogP contribution is 2.23. The lowest BCUT2D eigenvalue weighted by molar-refractivity contribution is 0.0850. The normalized spacial score (nSPS) is 18.6. The molecule has 8 nitrogen and oxygen atoms in total. The van der Waals surface area contributed by atoms with Gasteiger partial charge in [-0.2, -0.15) is 11.3 Å². The Morgan fingerprint density at radius 2 is 2.00 bits per heavy atom. The predicted molar refractivity (Wildman–Crippen MR) is 134 cm³/mol. The molecule has 2 saturated heterocycles. The molecule has 4 rings (SSSR count). The molecule has 2 aromatic rings. The molecule has 0 radical (unpaired) electrons. The molecule has 2 aliphatic rings. The number of aryl methyl sites for hydroxylation is 1. The van der Waals surface area contributed by atoms with Crippen LogP contribution in [0.2, 0.25) is 0 Å². The largest absolute Gasteiger partial charge is 0.366 e. The summed E-state index contributed by atoms with van der Waals surface area (Å²) in [6, 6.07) is 6.22. The Kier molecular flexibility index (Phi) is 8.53. The van der Waals surface area contributed by atoms with Gasteiger partial charge in [0.25, 0.3) is 5.91 Å². The SMILES string of the molecule is C[C@H](CCc1ncccc1C(N)=O)N1CCC(N(Cc2ccsc2)C(=O)NN2CCCC2)CC1. The van der Waals surface area contributed by atoms with Gasteiger partial charge in [0.2, 0.25) is 0 Å². The maximum atomic E-state index is 13.2. The van der Waals surface area contributed by atoms with E-state index in [2.05, 4.69) is 44.1 Å². The summed E-state index contributed by atoms with van der Waals surface area (Å²) in [5, 5.41) is 6.25. The van der Waals surface area contributed by atoms with Crippen LogP contribution in [-0.2, 0) is 13.0 Å². The number of thiophene rings is 1. The number of aromatic nitrogens is 1. The van der Waals surface area contributed by atoms with E-state index in [0.717, 1.165) is 70.4 Å². The van der Waals surface area contributed by atoms with Crippen LogP contribution in [0.1, 0.15) is 60.6 Å². The van der Waals surface area contributed by atoms with Crippen molar-refractivity contribution in [1.29, 1.82) is 0 Å². The molecular weight excluding hydrogens is 448 g/mol. The molecule has 1 atom stereocenters. The van der Waals surface area contributed by atoms with Crippen LogP contribution in [0.5, 0.6) is 0 Å². The lowest BCUT2D eigenvalue weighted by atomic mass is 9.99. The van der Waals surface area contributed by atoms with E-state index in [4.69, 9.17) is 5.73 Å². The van der Waals surface area contributed by atoms with Gasteiger partial charge < -0.3 is 15.5 Å². The summed E-state index contributed by atoms with van der Waals surface area (Å²) >= 11 is 1.67. The highest BCUT2D eigenvalue weighted by atomic mass is 32.1. The molecule has 3 amide bonds. The van der Waals surface area contributed by atoms with E-state index < -0.39 is 5.91 Å². The number of pyridine rings is 1. The summed E-state index contributed by atoms with van der Waals surface area (Å²) in [6.07, 6.45) is 7.54. The van der Waals surface area contributed by atoms with Crippen molar-refractivity contribution in [2.75, 3.05) is 26.2 Å². The fourth-order valence-corrected chi connectivity index (χ4v) is 5.66. The Hall–Kier alpha value is -2.49. The van der Waals surface area contributed by atoms with E-state index >= 15 is 0 Å². The summed E-state index contributed by atoms with van der Waals surface area (Å²) in [5.74, 6) is -0.422. The van der Waals surface area contributed by atoms with Crippen LogP contribution in [0.15, 0.2) is 35.2 Å². The number of primary amides is 1. The zero-order chi connectivity index (χ0) is 23.9. The fourth-order valence-electron chi connectivity index (χ4n) is 5.00. The average Bonchev–Trinajstić information content (AvgIpc) is 3.55. The van der Waals surface area contributed by atoms with Crippen molar-refractivity contribution in [3.8, 4) is 0 Å². The number of carbonyl (C=O) groups is 2. The maximum absolute atomic E-state index is 13.2. The molecule has 2 aliphatic heterocycles. The number of nitrogens with one attached hydrogen (secondary N) is 1. The van der Waals surface area contributed by atoms with Gasteiger partial charge in [0.05, 0.1) is 11.3 Å². The Morgan fingerprint density at radius 1 is 1.24 bits per heavy atom. The smallest absolute Gasteiger partial charge is 0.332 e. The van der Waals surface area contributed by atoms with Gasteiger partial charge in [-0.05, 0) is 80.0 Å². The third-order valence-electron chi connectivity index (χ3n) is 7.07. The standard InChI is InChI=1S/C25H36N6O2S/c1-19(6-7-23-22(24(26)32)5-4-11-27-23)29-14-8-21(9-15-29)31(17-20-10-16-34-18-20)25(33)28-30-12-2-3-13-30/h4-5,10-11,16,18-19,21H,2-3,6-9,12-15,17H2,1H3,(H2,26,32)(H,28,33)/t19-/m1/s1. The van der Waals surface area contributed by atoms with Gasteiger partial charge in [-0.3, -0.25) is 15.2 Å². The van der Waals surface area contributed by atoms with Gasteiger partial charge in [0.15, 0.2) is 0 Å². The molecule has 3 N–H and O–H groups in total. The van der Waals surface area contributed by atoms with Crippen LogP contribution < -0.4 is 11.2 Å². The molecular formula is C25H36N6O2S. The van der Waals surface area contributed by atoms with Gasteiger partial charge in [0.1, 0.15) is 0 Å². The summed E-state index contributed by atoms with van der Waals surface area (Å²) < 4.78 is 0. The Morgan fingerprint density at radius 3 is 2.68 bits per heavy atom. The van der Waals surface area contributed by atoms with E-state index in [1.54, 1.807) is 29.7 Å². The summed E-state index contributed by atoms with van der Waals surface area (Å²) in [5.41, 5.74) is 11.1. The molecule has 0 unspecified atom stereocenters. The first kappa shape index (κ1) is 24.6. The molecule has 2 fully saturated rings. The molecule has 0 aliphatic carbocycles. The van der Waals surface area contributed by atoms with E-state index in [0.29, 0.717) is 18.2 Å². The zero-order valence-corrected chi connectivity index (χ0v) is 20.8. The van der Waals surface area contributed by atoms with E-state index in [1.165, 1.54) is 5.56 Å². The summed E-state index contributed by atoms with van der Waals surface area (Å²) in [4.78, 5) is 33.8. The number of hydrogen-bond acceptors (Lipinski definition) is 6. The summed E-state index contributed by atoms with van der Waals surface area (Å²) in [6.45, 7) is 6.65. The van der Waals surface area contributed by atoms with Crippen LogP contribution in [0, 0.1) is 0 Å². The summed E-state index contributed by atoms with van der Waals surface area (Å²) in [7, 11) is 0. The average molecular weight is 485 g/mol. The molecule has 184 valence electrons. The molecule has 34 heavy (non-hydrogen) atoms. The number of likely N-dealkylation sites (tertiary alicyclic amines) is 1. The quantitative estimate of drug-likeness (QED) is 0.570. The van der Waals surface area contributed by atoms with E-state index in [-0.39, 0.29) is 12.1 Å². The van der Waals surface area contributed by atoms with Gasteiger partial charge in [-0.1, -0.05) is 0 Å². The second-order valence-electron chi connectivity index (χ2n) is 9.39. The van der Waals surface area contributed by atoms with Crippen LogP contribution in [0.3, 0.4) is 0 Å². The van der Waals surface area contributed by atoms with Crippen molar-refractivity contribution in [2.24, 2.45) is 5.73 Å². The lowest BCUT2D eigenvalue weighted by Crippen LogP contribution is -2.54.